The van der Waals surface area contributed by atoms with Gasteiger partial charge in [0.05, 0.1) is 25.8 Å². The molecule has 0 spiro atoms. The van der Waals surface area contributed by atoms with Gasteiger partial charge in [0.2, 0.25) is 5.91 Å². The molecule has 1 aromatic rings. The highest BCUT2D eigenvalue weighted by molar-refractivity contribution is 5.77. The second-order valence-corrected chi connectivity index (χ2v) is 2.56. The number of rotatable bonds is 5. The van der Waals surface area contributed by atoms with Crippen LogP contribution in [0.1, 0.15) is 5.76 Å². The van der Waals surface area contributed by atoms with Gasteiger partial charge in [-0.05, 0) is 0 Å². The molecule has 1 aromatic heterocycles. The lowest BCUT2D eigenvalue weighted by Gasteiger charge is -2.01. The minimum Gasteiger partial charge on any atom is -0.360 e. The van der Waals surface area contributed by atoms with E-state index in [-0.39, 0.29) is 12.5 Å². The third-order valence-electron chi connectivity index (χ3n) is 1.46. The third kappa shape index (κ3) is 3.74. The summed E-state index contributed by atoms with van der Waals surface area (Å²) in [5, 5.41) is 8.92. The summed E-state index contributed by atoms with van der Waals surface area (Å²) < 4.78 is 4.79. The van der Waals surface area contributed by atoms with Crippen LogP contribution in [0.15, 0.2) is 16.8 Å². The molecule has 0 unspecified atom stereocenters. The van der Waals surface area contributed by atoms with E-state index in [1.807, 2.05) is 0 Å². The van der Waals surface area contributed by atoms with Crippen molar-refractivity contribution < 1.29 is 9.32 Å². The van der Waals surface area contributed by atoms with Crippen LogP contribution in [0.2, 0.25) is 0 Å². The zero-order chi connectivity index (χ0) is 10.2. The van der Waals surface area contributed by atoms with Crippen LogP contribution in [-0.2, 0) is 11.3 Å². The summed E-state index contributed by atoms with van der Waals surface area (Å²) in [6.07, 6.45) is 6.52. The summed E-state index contributed by atoms with van der Waals surface area (Å²) >= 11 is 0. The van der Waals surface area contributed by atoms with Crippen LogP contribution in [0.5, 0.6) is 0 Å². The van der Waals surface area contributed by atoms with Gasteiger partial charge >= 0.3 is 0 Å². The van der Waals surface area contributed by atoms with Gasteiger partial charge in [-0.1, -0.05) is 11.1 Å². The van der Waals surface area contributed by atoms with Gasteiger partial charge in [0.25, 0.3) is 0 Å². The van der Waals surface area contributed by atoms with Crippen molar-refractivity contribution in [3.8, 4) is 12.3 Å². The van der Waals surface area contributed by atoms with E-state index in [0.29, 0.717) is 18.8 Å². The van der Waals surface area contributed by atoms with Crippen LogP contribution in [-0.4, -0.2) is 24.2 Å². The molecule has 0 saturated heterocycles. The van der Waals surface area contributed by atoms with Crippen LogP contribution in [0, 0.1) is 12.3 Å². The molecule has 0 aliphatic carbocycles. The van der Waals surface area contributed by atoms with Gasteiger partial charge in [-0.2, -0.15) is 0 Å². The largest absolute Gasteiger partial charge is 0.360 e. The minimum absolute atomic E-state index is 0.128. The van der Waals surface area contributed by atoms with Gasteiger partial charge in [-0.3, -0.25) is 10.1 Å². The Morgan fingerprint density at radius 1 is 1.71 bits per heavy atom. The second-order valence-electron chi connectivity index (χ2n) is 2.56. The van der Waals surface area contributed by atoms with Gasteiger partial charge in [-0.15, -0.1) is 6.42 Å². The molecule has 0 bridgehead atoms. The Morgan fingerprint density at radius 2 is 2.57 bits per heavy atom. The topological polar surface area (TPSA) is 67.2 Å². The standard InChI is InChI=1S/C9H11N3O2/c1-2-4-10-7-9(13)11-6-8-3-5-12-14-8/h1,3,5,10H,4,6-7H2,(H,11,13). The number of nitrogens with one attached hydrogen (secondary N) is 2. The maximum atomic E-state index is 11.1. The SMILES string of the molecule is C#CCNCC(=O)NCc1ccno1. The number of hydrogen-bond acceptors (Lipinski definition) is 4. The van der Waals surface area contributed by atoms with Crippen molar-refractivity contribution in [1.29, 1.82) is 0 Å². The fraction of sp³-hybridized carbons (Fsp3) is 0.333. The van der Waals surface area contributed by atoms with Crippen LogP contribution >= 0.6 is 0 Å². The molecule has 0 atom stereocenters. The molecule has 14 heavy (non-hydrogen) atoms. The summed E-state index contributed by atoms with van der Waals surface area (Å²) in [5.41, 5.74) is 0. The highest BCUT2D eigenvalue weighted by Gasteiger charge is 2.01. The molecule has 1 amide bonds. The fourth-order valence-corrected chi connectivity index (χ4v) is 0.830. The van der Waals surface area contributed by atoms with E-state index < -0.39 is 0 Å². The third-order valence-corrected chi connectivity index (χ3v) is 1.46. The molecule has 0 aliphatic rings. The van der Waals surface area contributed by atoms with Crippen molar-refractivity contribution in [2.45, 2.75) is 6.54 Å². The number of hydrogen-bond donors (Lipinski definition) is 2. The maximum Gasteiger partial charge on any atom is 0.234 e. The summed E-state index contributed by atoms with van der Waals surface area (Å²) in [4.78, 5) is 11.1. The minimum atomic E-state index is -0.128. The molecule has 0 saturated carbocycles. The number of nitrogens with zero attached hydrogens (tertiary/aromatic N) is 1. The lowest BCUT2D eigenvalue weighted by molar-refractivity contribution is -0.120. The van der Waals surface area contributed by atoms with Crippen molar-refractivity contribution in [1.82, 2.24) is 15.8 Å². The quantitative estimate of drug-likeness (QED) is 0.489. The van der Waals surface area contributed by atoms with Crippen LogP contribution < -0.4 is 10.6 Å². The number of carbonyl (C=O) groups is 1. The van der Waals surface area contributed by atoms with Crippen molar-refractivity contribution in [2.75, 3.05) is 13.1 Å². The van der Waals surface area contributed by atoms with Gasteiger partial charge in [0.15, 0.2) is 5.76 Å². The Hall–Kier alpha value is -1.80. The summed E-state index contributed by atoms with van der Waals surface area (Å²) in [6.45, 7) is 0.935. The van der Waals surface area contributed by atoms with Gasteiger partial charge in [-0.25, -0.2) is 0 Å². The predicted molar refractivity (Wildman–Crippen MR) is 50.1 cm³/mol. The lowest BCUT2D eigenvalue weighted by Crippen LogP contribution is -2.33. The Labute approximate surface area is 81.8 Å². The first-order valence-electron chi connectivity index (χ1n) is 4.13. The summed E-state index contributed by atoms with van der Waals surface area (Å²) in [7, 11) is 0. The van der Waals surface area contributed by atoms with Gasteiger partial charge < -0.3 is 9.84 Å². The van der Waals surface area contributed by atoms with E-state index in [2.05, 4.69) is 21.7 Å². The average molecular weight is 193 g/mol. The van der Waals surface area contributed by atoms with E-state index in [1.165, 1.54) is 6.20 Å². The normalized spacial score (nSPS) is 9.36. The molecule has 5 heteroatoms. The van der Waals surface area contributed by atoms with E-state index in [4.69, 9.17) is 10.9 Å². The lowest BCUT2D eigenvalue weighted by atomic mass is 10.4. The maximum absolute atomic E-state index is 11.1. The smallest absolute Gasteiger partial charge is 0.234 e. The molecule has 1 heterocycles. The highest BCUT2D eigenvalue weighted by Crippen LogP contribution is 1.94. The number of carbonyl (C=O) groups excluding carboxylic acids is 1. The molecule has 2 N–H and O–H groups in total. The Morgan fingerprint density at radius 3 is 3.21 bits per heavy atom. The second kappa shape index (κ2) is 5.78. The molecule has 0 fully saturated rings. The first-order chi connectivity index (χ1) is 6.83. The Balaban J connectivity index is 2.13. The van der Waals surface area contributed by atoms with E-state index in [0.717, 1.165) is 0 Å². The van der Waals surface area contributed by atoms with E-state index in [1.54, 1.807) is 6.07 Å². The summed E-state index contributed by atoms with van der Waals surface area (Å²) in [5.74, 6) is 2.87. The van der Waals surface area contributed by atoms with Gasteiger partial charge in [0, 0.05) is 6.07 Å². The van der Waals surface area contributed by atoms with Crippen molar-refractivity contribution in [3.63, 3.8) is 0 Å². The highest BCUT2D eigenvalue weighted by atomic mass is 16.5. The molecule has 0 radical (unpaired) electrons. The van der Waals surface area contributed by atoms with Crippen molar-refractivity contribution >= 4 is 5.91 Å². The van der Waals surface area contributed by atoms with Gasteiger partial charge in [0.1, 0.15) is 0 Å². The zero-order valence-corrected chi connectivity index (χ0v) is 7.62. The van der Waals surface area contributed by atoms with Crippen LogP contribution in [0.3, 0.4) is 0 Å². The Kier molecular flexibility index (Phi) is 4.24. The molecule has 74 valence electrons. The molecule has 0 aliphatic heterocycles. The first-order valence-corrected chi connectivity index (χ1v) is 4.13. The van der Waals surface area contributed by atoms with E-state index in [9.17, 15) is 4.79 Å². The molecule has 5 nitrogen and oxygen atoms in total. The molecule has 1 rings (SSSR count). The monoisotopic (exact) mass is 193 g/mol. The zero-order valence-electron chi connectivity index (χ0n) is 7.62. The molecular weight excluding hydrogens is 182 g/mol. The number of amides is 1. The van der Waals surface area contributed by atoms with E-state index >= 15 is 0 Å². The van der Waals surface area contributed by atoms with Crippen LogP contribution in [0.25, 0.3) is 0 Å². The molecular formula is C9H11N3O2. The number of aromatic nitrogens is 1. The van der Waals surface area contributed by atoms with Crippen molar-refractivity contribution in [2.24, 2.45) is 0 Å². The summed E-state index contributed by atoms with van der Waals surface area (Å²) in [6, 6.07) is 1.69. The average Bonchev–Trinajstić information content (AvgIpc) is 2.68. The first kappa shape index (κ1) is 10.3. The Bertz CT molecular complexity index is 313. The van der Waals surface area contributed by atoms with Crippen molar-refractivity contribution in [3.05, 3.63) is 18.0 Å². The molecule has 0 aromatic carbocycles. The fourth-order valence-electron chi connectivity index (χ4n) is 0.830. The predicted octanol–water partition coefficient (Wildman–Crippen LogP) is -0.486. The van der Waals surface area contributed by atoms with Crippen LogP contribution in [0.4, 0.5) is 0 Å². The number of terminal acetylenes is 1.